The van der Waals surface area contributed by atoms with Gasteiger partial charge in [0.25, 0.3) is 0 Å². The van der Waals surface area contributed by atoms with Gasteiger partial charge in [-0.2, -0.15) is 0 Å². The Hall–Kier alpha value is -1.55. The molecule has 0 rings (SSSR count). The predicted molar refractivity (Wildman–Crippen MR) is 30.2 cm³/mol. The van der Waals surface area contributed by atoms with Crippen LogP contribution < -0.4 is 0 Å². The van der Waals surface area contributed by atoms with Crippen LogP contribution in [0.2, 0.25) is 0 Å². The quantitative estimate of drug-likeness (QED) is 0.231. The minimum Gasteiger partial charge on any atom is -0.373 e. The standard InChI is InChI=1S/Mn.3N3/c;3*1-3-2/q+3;3*-1. The first-order chi connectivity index (χ1) is 4.24. The molecule has 0 aliphatic carbocycles. The van der Waals surface area contributed by atoms with Crippen LogP contribution in [-0.2, 0) is 17.1 Å². The molecule has 0 aliphatic heterocycles. The molecule has 0 bridgehead atoms. The van der Waals surface area contributed by atoms with Crippen LogP contribution in [0.3, 0.4) is 0 Å². The van der Waals surface area contributed by atoms with Crippen LogP contribution in [0.15, 0.2) is 0 Å². The third-order valence-corrected chi connectivity index (χ3v) is 0. The third-order valence-electron chi connectivity index (χ3n) is 0. The monoisotopic (exact) mass is 181 g/mol. The Morgan fingerprint density at radius 3 is 0.500 bits per heavy atom. The Morgan fingerprint density at radius 1 is 0.500 bits per heavy atom. The average Bonchev–Trinajstić information content (AvgIpc) is 1.70. The van der Waals surface area contributed by atoms with Gasteiger partial charge in [-0.1, -0.05) is 0 Å². The molecule has 10 heavy (non-hydrogen) atoms. The minimum absolute atomic E-state index is 0. The zero-order valence-electron chi connectivity index (χ0n) is 4.40. The van der Waals surface area contributed by atoms with E-state index in [1.54, 1.807) is 0 Å². The van der Waals surface area contributed by atoms with Crippen LogP contribution in [0.1, 0.15) is 0 Å². The zero-order valence-corrected chi connectivity index (χ0v) is 5.58. The van der Waals surface area contributed by atoms with Crippen molar-refractivity contribution in [3.05, 3.63) is 47.9 Å². The van der Waals surface area contributed by atoms with Crippen LogP contribution >= 0.6 is 0 Å². The normalized spacial score (nSPS) is 2.40. The summed E-state index contributed by atoms with van der Waals surface area (Å²) in [6, 6.07) is 0. The third kappa shape index (κ3) is 79.7. The van der Waals surface area contributed by atoms with Crippen molar-refractivity contribution in [2.75, 3.05) is 0 Å². The Kier molecular flexibility index (Phi) is 349. The second-order valence-corrected chi connectivity index (χ2v) is 0.268. The fraction of sp³-hybridized carbons (Fsp3) is 0. The molecule has 0 atom stereocenters. The molecule has 0 unspecified atom stereocenters. The molecule has 0 aromatic rings. The van der Waals surface area contributed by atoms with E-state index in [9.17, 15) is 0 Å². The maximum atomic E-state index is 6.75. The summed E-state index contributed by atoms with van der Waals surface area (Å²) in [5, 5.41) is 0. The topological polar surface area (TPSA) is 176 Å². The minimum atomic E-state index is 0. The van der Waals surface area contributed by atoms with E-state index in [-0.39, 0.29) is 17.1 Å². The van der Waals surface area contributed by atoms with Crippen molar-refractivity contribution in [1.29, 1.82) is 0 Å². The molecule has 0 saturated heterocycles. The zero-order chi connectivity index (χ0) is 8.12. The molecule has 0 aromatic heterocycles. The molecule has 0 radical (unpaired) electrons. The van der Waals surface area contributed by atoms with Crippen molar-refractivity contribution in [2.45, 2.75) is 0 Å². The van der Waals surface area contributed by atoms with Gasteiger partial charge in [-0.3, -0.25) is 14.7 Å². The van der Waals surface area contributed by atoms with E-state index in [1.807, 2.05) is 0 Å². The van der Waals surface area contributed by atoms with E-state index in [0.717, 1.165) is 0 Å². The van der Waals surface area contributed by atoms with E-state index in [2.05, 4.69) is 0 Å². The van der Waals surface area contributed by atoms with E-state index in [1.165, 1.54) is 14.7 Å². The largest absolute Gasteiger partial charge is 3.00 e. The van der Waals surface area contributed by atoms with Crippen molar-refractivity contribution >= 4 is 0 Å². The maximum Gasteiger partial charge on any atom is 3.00 e. The molecular formula is MnN9. The fourth-order valence-electron chi connectivity index (χ4n) is 0. The van der Waals surface area contributed by atoms with Gasteiger partial charge in [0, 0.05) is 0 Å². The summed E-state index contributed by atoms with van der Waals surface area (Å²) in [6.07, 6.45) is 0. The summed E-state index contributed by atoms with van der Waals surface area (Å²) >= 11 is 0. The van der Waals surface area contributed by atoms with Gasteiger partial charge in [0.2, 0.25) is 0 Å². The van der Waals surface area contributed by atoms with Crippen LogP contribution in [0.25, 0.3) is 47.9 Å². The Balaban J connectivity index is -0.0000000257. The first kappa shape index (κ1) is 23.7. The Labute approximate surface area is 65.8 Å². The molecule has 0 heterocycles. The van der Waals surface area contributed by atoms with Gasteiger partial charge in [0.05, 0.1) is 0 Å². The molecule has 0 fully saturated rings. The van der Waals surface area contributed by atoms with E-state index in [0.29, 0.717) is 0 Å². The van der Waals surface area contributed by atoms with E-state index < -0.39 is 0 Å². The molecule has 9 nitrogen and oxygen atoms in total. The molecule has 0 aromatic carbocycles. The first-order valence-corrected chi connectivity index (χ1v) is 1.20. The molecule has 0 saturated carbocycles. The predicted octanol–water partition coefficient (Wildman–Crippen LogP) is 2.60. The van der Waals surface area contributed by atoms with Crippen molar-refractivity contribution in [2.24, 2.45) is 0 Å². The van der Waals surface area contributed by atoms with Crippen LogP contribution in [0, 0.1) is 0 Å². The fourth-order valence-corrected chi connectivity index (χ4v) is 0. The smallest absolute Gasteiger partial charge is 0.373 e. The van der Waals surface area contributed by atoms with Crippen molar-refractivity contribution in [3.63, 3.8) is 0 Å². The maximum absolute atomic E-state index is 6.75. The summed E-state index contributed by atoms with van der Waals surface area (Å²) in [4.78, 5) is 4.50. The molecule has 10 heteroatoms. The van der Waals surface area contributed by atoms with Crippen LogP contribution in [-0.4, -0.2) is 0 Å². The van der Waals surface area contributed by atoms with Crippen LogP contribution in [0.4, 0.5) is 0 Å². The average molecular weight is 181 g/mol. The van der Waals surface area contributed by atoms with Gasteiger partial charge in [0.15, 0.2) is 0 Å². The Morgan fingerprint density at radius 2 is 0.500 bits per heavy atom. The van der Waals surface area contributed by atoms with Crippen molar-refractivity contribution in [1.82, 2.24) is 0 Å². The van der Waals surface area contributed by atoms with Gasteiger partial charge in [0.1, 0.15) is 0 Å². The molecule has 0 N–H and O–H groups in total. The van der Waals surface area contributed by atoms with E-state index >= 15 is 0 Å². The van der Waals surface area contributed by atoms with E-state index in [4.69, 9.17) is 33.2 Å². The molecule has 0 spiro atoms. The number of hydrogen-bond donors (Lipinski definition) is 0. The number of hydrogen-bond acceptors (Lipinski definition) is 0. The summed E-state index contributed by atoms with van der Waals surface area (Å²) in [5.41, 5.74) is 40.5. The number of nitrogens with zero attached hydrogens (tertiary/aromatic N) is 9. The van der Waals surface area contributed by atoms with Gasteiger partial charge >= 0.3 is 17.1 Å². The molecule has 0 amide bonds. The van der Waals surface area contributed by atoms with Gasteiger partial charge < -0.3 is 33.2 Å². The second kappa shape index (κ2) is 147. The summed E-state index contributed by atoms with van der Waals surface area (Å²) in [6.45, 7) is 0. The second-order valence-electron chi connectivity index (χ2n) is 0.268. The molecular weight excluding hydrogens is 181 g/mol. The van der Waals surface area contributed by atoms with Gasteiger partial charge in [-0.15, -0.1) is 0 Å². The first-order valence-electron chi connectivity index (χ1n) is 1.20. The Bertz CT molecular complexity index is 96.3. The van der Waals surface area contributed by atoms with Gasteiger partial charge in [-0.25, -0.2) is 0 Å². The summed E-state index contributed by atoms with van der Waals surface area (Å²) in [7, 11) is 0. The van der Waals surface area contributed by atoms with Gasteiger partial charge in [-0.05, 0) is 0 Å². The SMILES string of the molecule is [Mn+3].[N-]=[N+]=[N-].[N-]=[N+]=[N-].[N-]=[N+]=[N-]. The summed E-state index contributed by atoms with van der Waals surface area (Å²) < 4.78 is 0. The molecule has 52 valence electrons. The van der Waals surface area contributed by atoms with Crippen molar-refractivity contribution < 1.29 is 17.1 Å². The molecule has 0 aliphatic rings. The van der Waals surface area contributed by atoms with Crippen LogP contribution in [0.5, 0.6) is 0 Å². The van der Waals surface area contributed by atoms with Crippen molar-refractivity contribution in [3.8, 4) is 0 Å². The summed E-state index contributed by atoms with van der Waals surface area (Å²) in [5.74, 6) is 0. The number of rotatable bonds is 0.